The highest BCUT2D eigenvalue weighted by Crippen LogP contribution is 2.23. The summed E-state index contributed by atoms with van der Waals surface area (Å²) in [6, 6.07) is 4.38. The fourth-order valence-electron chi connectivity index (χ4n) is 1.90. The molecule has 0 atom stereocenters. The number of aryl methyl sites for hydroxylation is 4. The molecule has 4 nitrogen and oxygen atoms in total. The largest absolute Gasteiger partial charge is 0.364 e. The van der Waals surface area contributed by atoms with Gasteiger partial charge in [0.1, 0.15) is 17.5 Å². The SMILES string of the molecule is Cc1cc(CNc2c(C#N)c(C)nn2C)sc1C. The van der Waals surface area contributed by atoms with Crippen LogP contribution in [0.4, 0.5) is 5.82 Å². The third-order valence-electron chi connectivity index (χ3n) is 2.98. The second-order valence-corrected chi connectivity index (χ2v) is 5.69. The average Bonchev–Trinajstić information content (AvgIpc) is 2.76. The number of nitriles is 1. The van der Waals surface area contributed by atoms with Crippen LogP contribution in [0.3, 0.4) is 0 Å². The minimum Gasteiger partial charge on any atom is -0.364 e. The number of rotatable bonds is 3. The molecule has 0 unspecified atom stereocenters. The Morgan fingerprint density at radius 1 is 1.44 bits per heavy atom. The Hall–Kier alpha value is -1.80. The average molecular weight is 260 g/mol. The number of nitrogens with one attached hydrogen (secondary N) is 1. The summed E-state index contributed by atoms with van der Waals surface area (Å²) < 4.78 is 1.72. The number of hydrogen-bond donors (Lipinski definition) is 1. The fraction of sp³-hybridized carbons (Fsp3) is 0.385. The lowest BCUT2D eigenvalue weighted by Crippen LogP contribution is -2.04. The summed E-state index contributed by atoms with van der Waals surface area (Å²) in [4.78, 5) is 2.61. The summed E-state index contributed by atoms with van der Waals surface area (Å²) in [5.41, 5.74) is 2.71. The number of hydrogen-bond acceptors (Lipinski definition) is 4. The van der Waals surface area contributed by atoms with Gasteiger partial charge in [0.15, 0.2) is 0 Å². The lowest BCUT2D eigenvalue weighted by atomic mass is 10.2. The van der Waals surface area contributed by atoms with Crippen molar-refractivity contribution in [1.29, 1.82) is 5.26 Å². The minimum absolute atomic E-state index is 0.627. The van der Waals surface area contributed by atoms with Crippen molar-refractivity contribution in [2.45, 2.75) is 27.3 Å². The molecular weight excluding hydrogens is 244 g/mol. The van der Waals surface area contributed by atoms with Crippen LogP contribution < -0.4 is 5.32 Å². The van der Waals surface area contributed by atoms with Crippen LogP contribution in [-0.4, -0.2) is 9.78 Å². The van der Waals surface area contributed by atoms with Crippen LogP contribution in [0.1, 0.15) is 26.6 Å². The van der Waals surface area contributed by atoms with Crippen LogP contribution in [0.15, 0.2) is 6.07 Å². The zero-order valence-corrected chi connectivity index (χ0v) is 11.9. The van der Waals surface area contributed by atoms with E-state index in [1.54, 1.807) is 16.0 Å². The summed E-state index contributed by atoms with van der Waals surface area (Å²) in [5, 5.41) is 16.7. The van der Waals surface area contributed by atoms with Crippen molar-refractivity contribution in [3.63, 3.8) is 0 Å². The van der Waals surface area contributed by atoms with Crippen molar-refractivity contribution >= 4 is 17.2 Å². The van der Waals surface area contributed by atoms with Crippen LogP contribution in [0.2, 0.25) is 0 Å². The molecule has 2 rings (SSSR count). The topological polar surface area (TPSA) is 53.6 Å². The van der Waals surface area contributed by atoms with Crippen LogP contribution in [-0.2, 0) is 13.6 Å². The first-order valence-electron chi connectivity index (χ1n) is 5.76. The van der Waals surface area contributed by atoms with E-state index in [0.29, 0.717) is 5.56 Å². The van der Waals surface area contributed by atoms with Gasteiger partial charge in [-0.25, -0.2) is 0 Å². The van der Waals surface area contributed by atoms with Crippen molar-refractivity contribution in [3.05, 3.63) is 32.6 Å². The Labute approximate surface area is 111 Å². The van der Waals surface area contributed by atoms with E-state index >= 15 is 0 Å². The molecule has 0 spiro atoms. The highest BCUT2D eigenvalue weighted by Gasteiger charge is 2.12. The predicted octanol–water partition coefficient (Wildman–Crippen LogP) is 2.89. The Balaban J connectivity index is 2.18. The predicted molar refractivity (Wildman–Crippen MR) is 73.8 cm³/mol. The molecule has 5 heteroatoms. The molecule has 2 aromatic heterocycles. The fourth-order valence-corrected chi connectivity index (χ4v) is 2.90. The van der Waals surface area contributed by atoms with Gasteiger partial charge < -0.3 is 5.32 Å². The van der Waals surface area contributed by atoms with Crippen molar-refractivity contribution in [1.82, 2.24) is 9.78 Å². The Morgan fingerprint density at radius 3 is 2.72 bits per heavy atom. The molecule has 2 aromatic rings. The normalized spacial score (nSPS) is 10.4. The van der Waals surface area contributed by atoms with Gasteiger partial charge in [-0.1, -0.05) is 0 Å². The van der Waals surface area contributed by atoms with E-state index in [9.17, 15) is 0 Å². The van der Waals surface area contributed by atoms with E-state index in [1.165, 1.54) is 15.3 Å². The van der Waals surface area contributed by atoms with Gasteiger partial charge in [-0.3, -0.25) is 4.68 Å². The molecule has 0 aliphatic carbocycles. The monoisotopic (exact) mass is 260 g/mol. The molecule has 0 fully saturated rings. The first kappa shape index (κ1) is 12.7. The van der Waals surface area contributed by atoms with Gasteiger partial charge in [-0.15, -0.1) is 11.3 Å². The standard InChI is InChI=1S/C13H16N4S/c1-8-5-11(18-10(8)3)7-15-13-12(6-14)9(2)16-17(13)4/h5,15H,7H2,1-4H3. The van der Waals surface area contributed by atoms with Crippen molar-refractivity contribution < 1.29 is 0 Å². The Morgan fingerprint density at radius 2 is 2.17 bits per heavy atom. The van der Waals surface area contributed by atoms with Gasteiger partial charge in [-0.05, 0) is 32.4 Å². The first-order valence-corrected chi connectivity index (χ1v) is 6.58. The molecule has 0 bridgehead atoms. The zero-order chi connectivity index (χ0) is 13.3. The Kier molecular flexibility index (Phi) is 3.39. The molecule has 18 heavy (non-hydrogen) atoms. The molecule has 0 saturated heterocycles. The molecule has 1 N–H and O–H groups in total. The van der Waals surface area contributed by atoms with Crippen LogP contribution in [0.5, 0.6) is 0 Å². The second kappa shape index (κ2) is 4.83. The number of anilines is 1. The van der Waals surface area contributed by atoms with Crippen LogP contribution in [0.25, 0.3) is 0 Å². The van der Waals surface area contributed by atoms with E-state index in [1.807, 2.05) is 14.0 Å². The van der Waals surface area contributed by atoms with Gasteiger partial charge in [0, 0.05) is 16.8 Å². The molecule has 0 aliphatic heterocycles. The minimum atomic E-state index is 0.627. The maximum atomic E-state index is 9.12. The highest BCUT2D eigenvalue weighted by atomic mass is 32.1. The molecule has 2 heterocycles. The maximum absolute atomic E-state index is 9.12. The summed E-state index contributed by atoms with van der Waals surface area (Å²) >= 11 is 1.78. The second-order valence-electron chi connectivity index (χ2n) is 4.35. The molecule has 0 aromatic carbocycles. The third kappa shape index (κ3) is 2.24. The summed E-state index contributed by atoms with van der Waals surface area (Å²) in [6.07, 6.45) is 0. The van der Waals surface area contributed by atoms with Crippen molar-refractivity contribution in [3.8, 4) is 6.07 Å². The molecule has 0 radical (unpaired) electrons. The summed E-state index contributed by atoms with van der Waals surface area (Å²) in [5.74, 6) is 0.790. The van der Waals surface area contributed by atoms with Crippen LogP contribution in [0, 0.1) is 32.1 Å². The van der Waals surface area contributed by atoms with E-state index < -0.39 is 0 Å². The molecule has 0 amide bonds. The lowest BCUT2D eigenvalue weighted by Gasteiger charge is -2.05. The lowest BCUT2D eigenvalue weighted by molar-refractivity contribution is 0.758. The summed E-state index contributed by atoms with van der Waals surface area (Å²) in [7, 11) is 1.85. The number of nitrogens with zero attached hydrogens (tertiary/aromatic N) is 3. The molecular formula is C13H16N4S. The summed E-state index contributed by atoms with van der Waals surface area (Å²) in [6.45, 7) is 6.82. The molecule has 0 aliphatic rings. The first-order chi connectivity index (χ1) is 8.52. The van der Waals surface area contributed by atoms with E-state index in [4.69, 9.17) is 5.26 Å². The van der Waals surface area contributed by atoms with Crippen molar-refractivity contribution in [2.24, 2.45) is 7.05 Å². The quantitative estimate of drug-likeness (QED) is 0.923. The maximum Gasteiger partial charge on any atom is 0.142 e. The highest BCUT2D eigenvalue weighted by molar-refractivity contribution is 7.12. The van der Waals surface area contributed by atoms with Gasteiger partial charge in [0.2, 0.25) is 0 Å². The van der Waals surface area contributed by atoms with Gasteiger partial charge in [0.05, 0.1) is 12.2 Å². The Bertz CT molecular complexity index is 596. The zero-order valence-electron chi connectivity index (χ0n) is 11.0. The number of aromatic nitrogens is 2. The van der Waals surface area contributed by atoms with Gasteiger partial charge in [0.25, 0.3) is 0 Å². The molecule has 0 saturated carbocycles. The van der Waals surface area contributed by atoms with E-state index in [-0.39, 0.29) is 0 Å². The molecule has 94 valence electrons. The van der Waals surface area contributed by atoms with Crippen molar-refractivity contribution in [2.75, 3.05) is 5.32 Å². The van der Waals surface area contributed by atoms with Gasteiger partial charge >= 0.3 is 0 Å². The van der Waals surface area contributed by atoms with E-state index in [0.717, 1.165) is 18.1 Å². The smallest absolute Gasteiger partial charge is 0.142 e. The number of thiophene rings is 1. The van der Waals surface area contributed by atoms with E-state index in [2.05, 4.69) is 36.4 Å². The third-order valence-corrected chi connectivity index (χ3v) is 4.13. The van der Waals surface area contributed by atoms with Gasteiger partial charge in [-0.2, -0.15) is 10.4 Å². The van der Waals surface area contributed by atoms with Crippen LogP contribution >= 0.6 is 11.3 Å².